The molecule has 6 heteroatoms. The normalized spacial score (nSPS) is 11.0. The van der Waals surface area contributed by atoms with Crippen molar-refractivity contribution in [3.8, 4) is 0 Å². The highest BCUT2D eigenvalue weighted by Gasteiger charge is 2.12. The zero-order valence-electron chi connectivity index (χ0n) is 15.7. The van der Waals surface area contributed by atoms with Gasteiger partial charge >= 0.3 is 0 Å². The van der Waals surface area contributed by atoms with Crippen LogP contribution in [0.3, 0.4) is 0 Å². The molecular weight excluding hydrogens is 356 g/mol. The number of rotatable bonds is 10. The number of hydrogen-bond acceptors (Lipinski definition) is 4. The summed E-state index contributed by atoms with van der Waals surface area (Å²) in [6.07, 6.45) is 6.57. The van der Waals surface area contributed by atoms with Crippen LogP contribution in [0, 0.1) is 0 Å². The van der Waals surface area contributed by atoms with Gasteiger partial charge in [0.25, 0.3) is 0 Å². The Morgan fingerprint density at radius 3 is 2.78 bits per heavy atom. The van der Waals surface area contributed by atoms with Crippen molar-refractivity contribution in [1.29, 1.82) is 0 Å². The predicted molar refractivity (Wildman–Crippen MR) is 111 cm³/mol. The number of pyridine rings is 1. The van der Waals surface area contributed by atoms with E-state index in [1.807, 2.05) is 36.4 Å². The van der Waals surface area contributed by atoms with Gasteiger partial charge in [-0.05, 0) is 30.7 Å². The summed E-state index contributed by atoms with van der Waals surface area (Å²) in [5.41, 5.74) is 2.99. The number of carbonyl (C=O) groups is 1. The molecule has 0 fully saturated rings. The summed E-state index contributed by atoms with van der Waals surface area (Å²) in [6.45, 7) is 3.61. The number of aryl methyl sites for hydroxylation is 1. The summed E-state index contributed by atoms with van der Waals surface area (Å²) in [6, 6.07) is 13.9. The highest BCUT2D eigenvalue weighted by atomic mass is 32.2. The Morgan fingerprint density at radius 1 is 1.11 bits per heavy atom. The molecule has 3 rings (SSSR count). The molecular formula is C21H26N4OS. The van der Waals surface area contributed by atoms with Gasteiger partial charge in [0.15, 0.2) is 5.16 Å². The van der Waals surface area contributed by atoms with Gasteiger partial charge in [-0.25, -0.2) is 4.98 Å². The molecule has 2 heterocycles. The Bertz CT molecular complexity index is 863. The van der Waals surface area contributed by atoms with E-state index < -0.39 is 0 Å². The third-order valence-electron chi connectivity index (χ3n) is 4.38. The first-order chi connectivity index (χ1) is 13.3. The monoisotopic (exact) mass is 382 g/mol. The summed E-state index contributed by atoms with van der Waals surface area (Å²) < 4.78 is 2.25. The number of unbranched alkanes of at least 4 members (excludes halogenated alkanes) is 3. The number of nitrogens with zero attached hydrogens (tertiary/aromatic N) is 3. The Kier molecular flexibility index (Phi) is 7.27. The van der Waals surface area contributed by atoms with E-state index in [0.29, 0.717) is 12.3 Å². The van der Waals surface area contributed by atoms with Crippen LogP contribution in [-0.2, 0) is 17.9 Å². The molecule has 1 amide bonds. The van der Waals surface area contributed by atoms with E-state index in [2.05, 4.69) is 27.9 Å². The Labute approximate surface area is 164 Å². The number of nitrogens with one attached hydrogen (secondary N) is 1. The maximum Gasteiger partial charge on any atom is 0.230 e. The topological polar surface area (TPSA) is 59.8 Å². The number of benzene rings is 1. The van der Waals surface area contributed by atoms with Crippen LogP contribution in [0.4, 0.5) is 0 Å². The number of fused-ring (bicyclic) bond motifs is 1. The minimum atomic E-state index is -0.00441. The van der Waals surface area contributed by atoms with E-state index in [1.54, 1.807) is 6.20 Å². The van der Waals surface area contributed by atoms with Crippen LogP contribution in [0.1, 0.15) is 38.3 Å². The first-order valence-corrected chi connectivity index (χ1v) is 10.5. The number of carbonyl (C=O) groups excluding carboxylic acids is 1. The van der Waals surface area contributed by atoms with Crippen LogP contribution in [0.5, 0.6) is 0 Å². The lowest BCUT2D eigenvalue weighted by atomic mass is 10.2. The molecule has 0 saturated heterocycles. The standard InChI is InChI=1S/C21H26N4OS/c1-2-3-4-9-14-25-19-12-6-5-11-18(19)24-21(25)27-16-20(26)23-15-17-10-7-8-13-22-17/h5-8,10-13H,2-4,9,14-16H2,1H3,(H,23,26). The second-order valence-electron chi connectivity index (χ2n) is 6.48. The quantitative estimate of drug-likeness (QED) is 0.416. The lowest BCUT2D eigenvalue weighted by molar-refractivity contribution is -0.118. The molecule has 3 aromatic rings. The van der Waals surface area contributed by atoms with Gasteiger partial charge in [0.1, 0.15) is 0 Å². The fourth-order valence-corrected chi connectivity index (χ4v) is 3.82. The van der Waals surface area contributed by atoms with Crippen LogP contribution in [0.25, 0.3) is 11.0 Å². The van der Waals surface area contributed by atoms with Crippen LogP contribution < -0.4 is 5.32 Å². The van der Waals surface area contributed by atoms with Gasteiger partial charge in [0, 0.05) is 12.7 Å². The van der Waals surface area contributed by atoms with E-state index in [1.165, 1.54) is 31.0 Å². The third kappa shape index (κ3) is 5.57. The maximum atomic E-state index is 12.2. The van der Waals surface area contributed by atoms with Gasteiger partial charge in [0.05, 0.1) is 29.0 Å². The van der Waals surface area contributed by atoms with Crippen molar-refractivity contribution >= 4 is 28.7 Å². The van der Waals surface area contributed by atoms with Crippen molar-refractivity contribution in [2.75, 3.05) is 5.75 Å². The van der Waals surface area contributed by atoms with E-state index in [9.17, 15) is 4.79 Å². The molecule has 1 aromatic carbocycles. The largest absolute Gasteiger partial charge is 0.350 e. The van der Waals surface area contributed by atoms with Gasteiger partial charge in [-0.1, -0.05) is 56.1 Å². The van der Waals surface area contributed by atoms with Crippen molar-refractivity contribution in [3.05, 3.63) is 54.4 Å². The van der Waals surface area contributed by atoms with Crippen LogP contribution in [-0.4, -0.2) is 26.2 Å². The molecule has 0 unspecified atom stereocenters. The predicted octanol–water partition coefficient (Wildman–Crippen LogP) is 4.42. The highest BCUT2D eigenvalue weighted by Crippen LogP contribution is 2.24. The molecule has 142 valence electrons. The third-order valence-corrected chi connectivity index (χ3v) is 5.36. The minimum absolute atomic E-state index is 0.00441. The molecule has 0 saturated carbocycles. The number of imidazole rings is 1. The van der Waals surface area contributed by atoms with Crippen molar-refractivity contribution in [3.63, 3.8) is 0 Å². The number of para-hydroxylation sites is 2. The number of aromatic nitrogens is 3. The smallest absolute Gasteiger partial charge is 0.230 e. The molecule has 0 aliphatic rings. The molecule has 0 radical (unpaired) electrons. The van der Waals surface area contributed by atoms with Gasteiger partial charge in [-0.15, -0.1) is 0 Å². The Morgan fingerprint density at radius 2 is 1.96 bits per heavy atom. The van der Waals surface area contributed by atoms with Crippen molar-refractivity contribution in [2.24, 2.45) is 0 Å². The second kappa shape index (κ2) is 10.1. The van der Waals surface area contributed by atoms with Crippen molar-refractivity contribution < 1.29 is 4.79 Å². The average Bonchev–Trinajstić information content (AvgIpc) is 3.06. The molecule has 0 aliphatic heterocycles. The van der Waals surface area contributed by atoms with Crippen molar-refractivity contribution in [1.82, 2.24) is 19.9 Å². The zero-order chi connectivity index (χ0) is 18.9. The number of thioether (sulfide) groups is 1. The number of amides is 1. The summed E-state index contributed by atoms with van der Waals surface area (Å²) in [5, 5.41) is 3.84. The van der Waals surface area contributed by atoms with Crippen LogP contribution >= 0.6 is 11.8 Å². The summed E-state index contributed by atoms with van der Waals surface area (Å²) in [4.78, 5) is 21.2. The first kappa shape index (κ1) is 19.4. The Hall–Kier alpha value is -2.34. The molecule has 27 heavy (non-hydrogen) atoms. The molecule has 1 N–H and O–H groups in total. The fourth-order valence-electron chi connectivity index (χ4n) is 2.95. The van der Waals surface area contributed by atoms with E-state index in [4.69, 9.17) is 4.98 Å². The fraction of sp³-hybridized carbons (Fsp3) is 0.381. The molecule has 0 bridgehead atoms. The summed E-state index contributed by atoms with van der Waals surface area (Å²) in [5.74, 6) is 0.348. The van der Waals surface area contributed by atoms with E-state index in [-0.39, 0.29) is 5.91 Å². The second-order valence-corrected chi connectivity index (χ2v) is 7.42. The molecule has 2 aromatic heterocycles. The average molecular weight is 383 g/mol. The van der Waals surface area contributed by atoms with Gasteiger partial charge in [-0.3, -0.25) is 9.78 Å². The minimum Gasteiger partial charge on any atom is -0.350 e. The Balaban J connectivity index is 1.60. The van der Waals surface area contributed by atoms with Gasteiger partial charge < -0.3 is 9.88 Å². The lowest BCUT2D eigenvalue weighted by Gasteiger charge is -2.09. The zero-order valence-corrected chi connectivity index (χ0v) is 16.5. The first-order valence-electron chi connectivity index (χ1n) is 9.52. The molecule has 0 aliphatic carbocycles. The van der Waals surface area contributed by atoms with E-state index >= 15 is 0 Å². The van der Waals surface area contributed by atoms with Gasteiger partial charge in [0.2, 0.25) is 5.91 Å². The molecule has 5 nitrogen and oxygen atoms in total. The SMILES string of the molecule is CCCCCCn1c(SCC(=O)NCc2ccccn2)nc2ccccc21. The van der Waals surface area contributed by atoms with E-state index in [0.717, 1.165) is 34.8 Å². The van der Waals surface area contributed by atoms with Gasteiger partial charge in [-0.2, -0.15) is 0 Å². The maximum absolute atomic E-state index is 12.2. The van der Waals surface area contributed by atoms with Crippen LogP contribution in [0.15, 0.2) is 53.8 Å². The van der Waals surface area contributed by atoms with Crippen LogP contribution in [0.2, 0.25) is 0 Å². The molecule has 0 atom stereocenters. The summed E-state index contributed by atoms with van der Waals surface area (Å²) >= 11 is 1.50. The number of hydrogen-bond donors (Lipinski definition) is 1. The molecule has 0 spiro atoms. The van der Waals surface area contributed by atoms with Crippen molar-refractivity contribution in [2.45, 2.75) is 50.9 Å². The summed E-state index contributed by atoms with van der Waals surface area (Å²) in [7, 11) is 0. The highest BCUT2D eigenvalue weighted by molar-refractivity contribution is 7.99. The lowest BCUT2D eigenvalue weighted by Crippen LogP contribution is -2.25.